The molecule has 1 aliphatic rings. The highest BCUT2D eigenvalue weighted by atomic mass is 16.5. The molecule has 0 radical (unpaired) electrons. The minimum Gasteiger partial charge on any atom is -0.465 e. The average molecular weight is 306 g/mol. The lowest BCUT2D eigenvalue weighted by Crippen LogP contribution is -2.44. The summed E-state index contributed by atoms with van der Waals surface area (Å²) in [7, 11) is 2.14. The molecule has 1 saturated heterocycles. The fraction of sp³-hybridized carbons (Fsp3) is 0.588. The summed E-state index contributed by atoms with van der Waals surface area (Å²) in [5.74, 6) is -0.200. The van der Waals surface area contributed by atoms with E-state index < -0.39 is 0 Å². The van der Waals surface area contributed by atoms with Crippen LogP contribution in [0.1, 0.15) is 17.5 Å². The van der Waals surface area contributed by atoms with Gasteiger partial charge in [-0.05, 0) is 24.6 Å². The summed E-state index contributed by atoms with van der Waals surface area (Å²) in [5.41, 5.74) is 1.70. The van der Waals surface area contributed by atoms with Gasteiger partial charge in [0, 0.05) is 32.7 Å². The van der Waals surface area contributed by atoms with Crippen LogP contribution in [0.4, 0.5) is 0 Å². The third-order valence-corrected chi connectivity index (χ3v) is 4.00. The van der Waals surface area contributed by atoms with Crippen LogP contribution in [0.5, 0.6) is 0 Å². The maximum atomic E-state index is 11.8. The Morgan fingerprint density at radius 3 is 2.68 bits per heavy atom. The zero-order valence-corrected chi connectivity index (χ0v) is 13.3. The molecule has 1 fully saturated rings. The second kappa shape index (κ2) is 8.88. The van der Waals surface area contributed by atoms with E-state index in [1.54, 1.807) is 0 Å². The van der Waals surface area contributed by atoms with Crippen molar-refractivity contribution in [2.75, 3.05) is 46.4 Å². The summed E-state index contributed by atoms with van der Waals surface area (Å²) in [6.45, 7) is 5.87. The Morgan fingerprint density at radius 1 is 1.23 bits per heavy atom. The first kappa shape index (κ1) is 16.9. The van der Waals surface area contributed by atoms with E-state index in [2.05, 4.69) is 16.8 Å². The maximum Gasteiger partial charge on any atom is 0.310 e. The standard InChI is InChI=1S/C17H26N2O3/c1-18-7-9-19(10-8-18)6-3-11-22-17(21)13-15-4-2-5-16(12-15)14-20/h2,4-5,12,20H,3,6-11,13-14H2,1H3. The topological polar surface area (TPSA) is 53.0 Å². The Bertz CT molecular complexity index is 471. The van der Waals surface area contributed by atoms with Crippen molar-refractivity contribution < 1.29 is 14.6 Å². The largest absolute Gasteiger partial charge is 0.465 e. The van der Waals surface area contributed by atoms with E-state index in [-0.39, 0.29) is 19.0 Å². The van der Waals surface area contributed by atoms with Crippen molar-refractivity contribution in [3.63, 3.8) is 0 Å². The number of aliphatic hydroxyl groups excluding tert-OH is 1. The quantitative estimate of drug-likeness (QED) is 0.599. The third kappa shape index (κ3) is 5.75. The van der Waals surface area contributed by atoms with Crippen molar-refractivity contribution >= 4 is 5.97 Å². The fourth-order valence-electron chi connectivity index (χ4n) is 2.60. The van der Waals surface area contributed by atoms with Gasteiger partial charge in [-0.25, -0.2) is 0 Å². The fourth-order valence-corrected chi connectivity index (χ4v) is 2.60. The van der Waals surface area contributed by atoms with Crippen molar-refractivity contribution in [1.82, 2.24) is 9.80 Å². The number of esters is 1. The normalized spacial score (nSPS) is 16.6. The van der Waals surface area contributed by atoms with Gasteiger partial charge in [-0.2, -0.15) is 0 Å². The molecule has 2 rings (SSSR count). The minimum atomic E-state index is -0.200. The molecule has 0 unspecified atom stereocenters. The molecule has 5 nitrogen and oxygen atoms in total. The molecule has 0 spiro atoms. The average Bonchev–Trinajstić information content (AvgIpc) is 2.53. The molecule has 0 aromatic heterocycles. The first-order valence-corrected chi connectivity index (χ1v) is 7.92. The van der Waals surface area contributed by atoms with Gasteiger partial charge in [-0.15, -0.1) is 0 Å². The van der Waals surface area contributed by atoms with Gasteiger partial charge in [0.15, 0.2) is 0 Å². The number of rotatable bonds is 7. The van der Waals surface area contributed by atoms with Gasteiger partial charge in [-0.3, -0.25) is 4.79 Å². The van der Waals surface area contributed by atoms with Crippen LogP contribution in [-0.2, 0) is 22.6 Å². The Kier molecular flexibility index (Phi) is 6.83. The summed E-state index contributed by atoms with van der Waals surface area (Å²) >= 11 is 0. The van der Waals surface area contributed by atoms with Crippen LogP contribution in [0.3, 0.4) is 0 Å². The number of aliphatic hydroxyl groups is 1. The second-order valence-corrected chi connectivity index (χ2v) is 5.87. The molecule has 122 valence electrons. The molecule has 0 bridgehead atoms. The number of likely N-dealkylation sites (N-methyl/N-ethyl adjacent to an activating group) is 1. The van der Waals surface area contributed by atoms with E-state index in [9.17, 15) is 4.79 Å². The molecule has 0 aliphatic carbocycles. The molecule has 0 atom stereocenters. The highest BCUT2D eigenvalue weighted by Crippen LogP contribution is 2.07. The Balaban J connectivity index is 1.61. The predicted octanol–water partition coefficient (Wildman–Crippen LogP) is 0.902. The lowest BCUT2D eigenvalue weighted by atomic mass is 10.1. The summed E-state index contributed by atoms with van der Waals surface area (Å²) < 4.78 is 5.29. The summed E-state index contributed by atoms with van der Waals surface area (Å²) in [6, 6.07) is 7.41. The lowest BCUT2D eigenvalue weighted by molar-refractivity contribution is -0.143. The molecular weight excluding hydrogens is 280 g/mol. The maximum absolute atomic E-state index is 11.8. The number of hydrogen-bond acceptors (Lipinski definition) is 5. The van der Waals surface area contributed by atoms with Gasteiger partial charge in [0.2, 0.25) is 0 Å². The van der Waals surface area contributed by atoms with Crippen molar-refractivity contribution in [2.45, 2.75) is 19.4 Å². The molecule has 1 N–H and O–H groups in total. The van der Waals surface area contributed by atoms with Crippen molar-refractivity contribution in [2.24, 2.45) is 0 Å². The van der Waals surface area contributed by atoms with E-state index in [0.717, 1.165) is 50.3 Å². The number of nitrogens with zero attached hydrogens (tertiary/aromatic N) is 2. The first-order valence-electron chi connectivity index (χ1n) is 7.92. The number of carbonyl (C=O) groups is 1. The first-order chi connectivity index (χ1) is 10.7. The highest BCUT2D eigenvalue weighted by Gasteiger charge is 2.13. The molecule has 1 aliphatic heterocycles. The Labute approximate surface area is 132 Å². The van der Waals surface area contributed by atoms with Crippen LogP contribution >= 0.6 is 0 Å². The van der Waals surface area contributed by atoms with Crippen LogP contribution < -0.4 is 0 Å². The predicted molar refractivity (Wildman–Crippen MR) is 85.6 cm³/mol. The van der Waals surface area contributed by atoms with Gasteiger partial charge >= 0.3 is 5.97 Å². The number of hydrogen-bond donors (Lipinski definition) is 1. The Morgan fingerprint density at radius 2 is 1.95 bits per heavy atom. The zero-order valence-electron chi connectivity index (χ0n) is 13.3. The molecule has 0 amide bonds. The van der Waals surface area contributed by atoms with Crippen LogP contribution in [0.25, 0.3) is 0 Å². The number of piperazine rings is 1. The van der Waals surface area contributed by atoms with Crippen LogP contribution in [0, 0.1) is 0 Å². The van der Waals surface area contributed by atoms with E-state index in [0.29, 0.717) is 6.61 Å². The van der Waals surface area contributed by atoms with Crippen molar-refractivity contribution in [3.05, 3.63) is 35.4 Å². The smallest absolute Gasteiger partial charge is 0.310 e. The zero-order chi connectivity index (χ0) is 15.8. The van der Waals surface area contributed by atoms with E-state index >= 15 is 0 Å². The summed E-state index contributed by atoms with van der Waals surface area (Å²) in [6.07, 6.45) is 1.15. The second-order valence-electron chi connectivity index (χ2n) is 5.87. The van der Waals surface area contributed by atoms with Gasteiger partial charge in [-0.1, -0.05) is 24.3 Å². The molecule has 0 saturated carbocycles. The van der Waals surface area contributed by atoms with Gasteiger partial charge in [0.25, 0.3) is 0 Å². The van der Waals surface area contributed by atoms with Crippen LogP contribution in [0.15, 0.2) is 24.3 Å². The van der Waals surface area contributed by atoms with Crippen LogP contribution in [-0.4, -0.2) is 67.3 Å². The molecular formula is C17H26N2O3. The molecule has 22 heavy (non-hydrogen) atoms. The molecule has 1 heterocycles. The monoisotopic (exact) mass is 306 g/mol. The minimum absolute atomic E-state index is 0.00604. The van der Waals surface area contributed by atoms with Gasteiger partial charge < -0.3 is 19.6 Å². The molecule has 1 aromatic rings. The number of benzene rings is 1. The third-order valence-electron chi connectivity index (χ3n) is 4.00. The lowest BCUT2D eigenvalue weighted by Gasteiger charge is -2.32. The molecule has 5 heteroatoms. The van der Waals surface area contributed by atoms with E-state index in [1.807, 2.05) is 24.3 Å². The van der Waals surface area contributed by atoms with Gasteiger partial charge in [0.1, 0.15) is 0 Å². The summed E-state index contributed by atoms with van der Waals surface area (Å²) in [5, 5.41) is 9.09. The molecule has 1 aromatic carbocycles. The van der Waals surface area contributed by atoms with Crippen molar-refractivity contribution in [1.29, 1.82) is 0 Å². The van der Waals surface area contributed by atoms with E-state index in [1.165, 1.54) is 0 Å². The number of ether oxygens (including phenoxy) is 1. The van der Waals surface area contributed by atoms with Gasteiger partial charge in [0.05, 0.1) is 19.6 Å². The van der Waals surface area contributed by atoms with E-state index in [4.69, 9.17) is 9.84 Å². The SMILES string of the molecule is CN1CCN(CCCOC(=O)Cc2cccc(CO)c2)CC1. The number of carbonyl (C=O) groups excluding carboxylic acids is 1. The Hall–Kier alpha value is -1.43. The highest BCUT2D eigenvalue weighted by molar-refractivity contribution is 5.72. The van der Waals surface area contributed by atoms with Crippen molar-refractivity contribution in [3.8, 4) is 0 Å². The van der Waals surface area contributed by atoms with Crippen LogP contribution in [0.2, 0.25) is 0 Å². The summed E-state index contributed by atoms with van der Waals surface area (Å²) in [4.78, 5) is 16.5.